The standard InChI is InChI=1S/C17H19BrClNS/c1-2-7-20-16(15-10-14(18)17(19)21-15)13-8-11-5-3-4-6-12(11)9-13/h3-6,10,13,16,20H,2,7-9H2,1H3. The van der Waals surface area contributed by atoms with Gasteiger partial charge in [-0.1, -0.05) is 42.8 Å². The molecule has 0 radical (unpaired) electrons. The van der Waals surface area contributed by atoms with Crippen molar-refractivity contribution in [3.63, 3.8) is 0 Å². The zero-order valence-electron chi connectivity index (χ0n) is 12.0. The topological polar surface area (TPSA) is 12.0 Å². The highest BCUT2D eigenvalue weighted by Gasteiger charge is 2.30. The Hall–Kier alpha value is -0.350. The van der Waals surface area contributed by atoms with Gasteiger partial charge in [0.15, 0.2) is 0 Å². The number of rotatable bonds is 5. The van der Waals surface area contributed by atoms with Crippen LogP contribution < -0.4 is 5.32 Å². The van der Waals surface area contributed by atoms with Crippen LogP contribution in [-0.4, -0.2) is 6.54 Å². The largest absolute Gasteiger partial charge is 0.309 e. The molecule has 1 N–H and O–H groups in total. The van der Waals surface area contributed by atoms with Crippen LogP contribution in [-0.2, 0) is 12.8 Å². The molecular weight excluding hydrogens is 366 g/mol. The molecule has 112 valence electrons. The maximum absolute atomic E-state index is 6.25. The molecular formula is C17H19BrClNS. The van der Waals surface area contributed by atoms with Gasteiger partial charge in [-0.25, -0.2) is 0 Å². The second-order valence-electron chi connectivity index (χ2n) is 5.64. The highest BCUT2D eigenvalue weighted by molar-refractivity contribution is 9.10. The monoisotopic (exact) mass is 383 g/mol. The summed E-state index contributed by atoms with van der Waals surface area (Å²) in [7, 11) is 0. The molecule has 1 unspecified atom stereocenters. The molecule has 1 nitrogen and oxygen atoms in total. The Balaban J connectivity index is 1.84. The second kappa shape index (κ2) is 6.82. The van der Waals surface area contributed by atoms with Gasteiger partial charge in [-0.3, -0.25) is 0 Å². The minimum Gasteiger partial charge on any atom is -0.309 e. The van der Waals surface area contributed by atoms with Gasteiger partial charge in [0.1, 0.15) is 4.34 Å². The number of benzene rings is 1. The molecule has 2 aromatic rings. The molecule has 0 aliphatic heterocycles. The Morgan fingerprint density at radius 1 is 1.33 bits per heavy atom. The van der Waals surface area contributed by atoms with E-state index in [2.05, 4.69) is 58.5 Å². The predicted octanol–water partition coefficient (Wildman–Crippen LogP) is 5.62. The fraction of sp³-hybridized carbons (Fsp3) is 0.412. The average molecular weight is 385 g/mol. The molecule has 0 spiro atoms. The quantitative estimate of drug-likeness (QED) is 0.705. The van der Waals surface area contributed by atoms with Gasteiger partial charge in [0, 0.05) is 15.4 Å². The smallest absolute Gasteiger partial charge is 0.107 e. The predicted molar refractivity (Wildman–Crippen MR) is 95.4 cm³/mol. The fourth-order valence-electron chi connectivity index (χ4n) is 3.14. The lowest BCUT2D eigenvalue weighted by atomic mass is 9.95. The van der Waals surface area contributed by atoms with Crippen LogP contribution in [0, 0.1) is 5.92 Å². The Morgan fingerprint density at radius 2 is 2.00 bits per heavy atom. The van der Waals surface area contributed by atoms with E-state index in [1.165, 1.54) is 16.0 Å². The molecule has 0 fully saturated rings. The number of hydrogen-bond donors (Lipinski definition) is 1. The molecule has 4 heteroatoms. The first kappa shape index (κ1) is 15.5. The van der Waals surface area contributed by atoms with E-state index in [-0.39, 0.29) is 0 Å². The summed E-state index contributed by atoms with van der Waals surface area (Å²) in [6, 6.07) is 11.4. The van der Waals surface area contributed by atoms with E-state index in [4.69, 9.17) is 11.6 Å². The first-order chi connectivity index (χ1) is 10.2. The lowest BCUT2D eigenvalue weighted by molar-refractivity contribution is 0.379. The van der Waals surface area contributed by atoms with Crippen LogP contribution in [0.15, 0.2) is 34.8 Å². The van der Waals surface area contributed by atoms with Crippen LogP contribution in [0.25, 0.3) is 0 Å². The van der Waals surface area contributed by atoms with Crippen molar-refractivity contribution in [2.24, 2.45) is 5.92 Å². The summed E-state index contributed by atoms with van der Waals surface area (Å²) in [4.78, 5) is 1.35. The van der Waals surface area contributed by atoms with Crippen LogP contribution in [0.1, 0.15) is 35.4 Å². The first-order valence-electron chi connectivity index (χ1n) is 7.44. The van der Waals surface area contributed by atoms with Crippen LogP contribution in [0.2, 0.25) is 4.34 Å². The van der Waals surface area contributed by atoms with Crippen molar-refractivity contribution in [1.29, 1.82) is 0 Å². The van der Waals surface area contributed by atoms with Gasteiger partial charge in [0.2, 0.25) is 0 Å². The van der Waals surface area contributed by atoms with Gasteiger partial charge in [0.05, 0.1) is 0 Å². The summed E-state index contributed by atoms with van der Waals surface area (Å²) in [5.41, 5.74) is 3.01. The second-order valence-corrected chi connectivity index (χ2v) is 8.18. The number of thiophene rings is 1. The minimum atomic E-state index is 0.395. The molecule has 1 heterocycles. The Kier molecular flexibility index (Phi) is 5.05. The van der Waals surface area contributed by atoms with E-state index < -0.39 is 0 Å². The van der Waals surface area contributed by atoms with E-state index in [1.54, 1.807) is 11.3 Å². The van der Waals surface area contributed by atoms with Crippen molar-refractivity contribution >= 4 is 38.9 Å². The van der Waals surface area contributed by atoms with Gasteiger partial charge in [-0.2, -0.15) is 0 Å². The van der Waals surface area contributed by atoms with Gasteiger partial charge < -0.3 is 5.32 Å². The lowest BCUT2D eigenvalue weighted by Gasteiger charge is -2.23. The lowest BCUT2D eigenvalue weighted by Crippen LogP contribution is -2.28. The summed E-state index contributed by atoms with van der Waals surface area (Å²) in [6.45, 7) is 3.26. The molecule has 0 saturated heterocycles. The Morgan fingerprint density at radius 3 is 2.52 bits per heavy atom. The number of hydrogen-bond acceptors (Lipinski definition) is 2. The zero-order chi connectivity index (χ0) is 14.8. The van der Waals surface area contributed by atoms with Crippen LogP contribution in [0.4, 0.5) is 0 Å². The molecule has 0 saturated carbocycles. The highest BCUT2D eigenvalue weighted by atomic mass is 79.9. The Labute approximate surface area is 143 Å². The molecule has 3 rings (SSSR count). The van der Waals surface area contributed by atoms with Gasteiger partial charge in [-0.05, 0) is 64.8 Å². The molecule has 1 aliphatic rings. The van der Waals surface area contributed by atoms with Crippen molar-refractivity contribution in [2.45, 2.75) is 32.2 Å². The first-order valence-corrected chi connectivity index (χ1v) is 9.42. The molecule has 21 heavy (non-hydrogen) atoms. The van der Waals surface area contributed by atoms with E-state index in [9.17, 15) is 0 Å². The number of halogens is 2. The van der Waals surface area contributed by atoms with Crippen molar-refractivity contribution < 1.29 is 0 Å². The maximum Gasteiger partial charge on any atom is 0.107 e. The molecule has 1 aromatic carbocycles. The van der Waals surface area contributed by atoms with E-state index in [0.29, 0.717) is 12.0 Å². The molecule has 1 aliphatic carbocycles. The molecule has 0 bridgehead atoms. The molecule has 1 aromatic heterocycles. The van der Waals surface area contributed by atoms with Crippen molar-refractivity contribution in [1.82, 2.24) is 5.32 Å². The molecule has 1 atom stereocenters. The fourth-order valence-corrected chi connectivity index (χ4v) is 5.05. The summed E-state index contributed by atoms with van der Waals surface area (Å²) in [6.07, 6.45) is 3.46. The van der Waals surface area contributed by atoms with Gasteiger partial charge >= 0.3 is 0 Å². The highest BCUT2D eigenvalue weighted by Crippen LogP contribution is 2.41. The summed E-state index contributed by atoms with van der Waals surface area (Å²) in [5.74, 6) is 0.621. The van der Waals surface area contributed by atoms with Crippen molar-refractivity contribution in [3.05, 3.63) is 55.1 Å². The van der Waals surface area contributed by atoms with Crippen LogP contribution in [0.5, 0.6) is 0 Å². The number of nitrogens with one attached hydrogen (secondary N) is 1. The van der Waals surface area contributed by atoms with E-state index >= 15 is 0 Å². The third kappa shape index (κ3) is 3.37. The minimum absolute atomic E-state index is 0.395. The summed E-state index contributed by atoms with van der Waals surface area (Å²) in [5, 5.41) is 3.73. The van der Waals surface area contributed by atoms with Gasteiger partial charge in [0.25, 0.3) is 0 Å². The Bertz CT molecular complexity index is 581. The van der Waals surface area contributed by atoms with Gasteiger partial charge in [-0.15, -0.1) is 11.3 Å². The zero-order valence-corrected chi connectivity index (χ0v) is 15.2. The third-order valence-electron chi connectivity index (χ3n) is 4.14. The third-order valence-corrected chi connectivity index (χ3v) is 6.70. The summed E-state index contributed by atoms with van der Waals surface area (Å²) >= 11 is 11.5. The van der Waals surface area contributed by atoms with Crippen LogP contribution >= 0.6 is 38.9 Å². The number of fused-ring (bicyclic) bond motifs is 1. The maximum atomic E-state index is 6.25. The normalized spacial score (nSPS) is 16.1. The van der Waals surface area contributed by atoms with Crippen molar-refractivity contribution in [2.75, 3.05) is 6.54 Å². The molecule has 0 amide bonds. The average Bonchev–Trinajstić information content (AvgIpc) is 3.04. The summed E-state index contributed by atoms with van der Waals surface area (Å²) < 4.78 is 1.87. The van der Waals surface area contributed by atoms with E-state index in [0.717, 1.165) is 34.6 Å². The SMILES string of the molecule is CCCNC(c1cc(Br)c(Cl)s1)C1Cc2ccccc2C1. The van der Waals surface area contributed by atoms with E-state index in [1.807, 2.05) is 0 Å². The van der Waals surface area contributed by atoms with Crippen LogP contribution in [0.3, 0.4) is 0 Å². The van der Waals surface area contributed by atoms with Crippen molar-refractivity contribution in [3.8, 4) is 0 Å².